The Bertz CT molecular complexity index is 982. The molecule has 8 heteroatoms. The Balaban J connectivity index is 2.34. The number of nitrogens with one attached hydrogen (secondary N) is 1. The van der Waals surface area contributed by atoms with Gasteiger partial charge in [-0.1, -0.05) is 15.9 Å². The third kappa shape index (κ3) is 2.39. The van der Waals surface area contributed by atoms with E-state index in [1.165, 1.54) is 6.07 Å². The molecule has 0 saturated heterocycles. The average Bonchev–Trinajstić information content (AvgIpc) is 2.51. The molecule has 1 aliphatic carbocycles. The highest BCUT2D eigenvalue weighted by atomic mass is 79.9. The summed E-state index contributed by atoms with van der Waals surface area (Å²) in [6, 6.07) is 6.66. The average molecular weight is 396 g/mol. The maximum absolute atomic E-state index is 12.8. The molecule has 2 aromatic carbocycles. The molecule has 0 fully saturated rings. The van der Waals surface area contributed by atoms with Gasteiger partial charge in [0.05, 0.1) is 10.5 Å². The minimum atomic E-state index is -4.47. The molecule has 118 valence electrons. The van der Waals surface area contributed by atoms with E-state index >= 15 is 0 Å². The highest BCUT2D eigenvalue weighted by Gasteiger charge is 2.34. The molecule has 0 aromatic heterocycles. The number of carbonyl (C=O) groups is 2. The van der Waals surface area contributed by atoms with Gasteiger partial charge < -0.3 is 5.32 Å². The number of hydrogen-bond acceptors (Lipinski definition) is 5. The highest BCUT2D eigenvalue weighted by Crippen LogP contribution is 2.36. The van der Waals surface area contributed by atoms with Crippen LogP contribution in [0.3, 0.4) is 0 Å². The molecule has 6 nitrogen and oxygen atoms in total. The van der Waals surface area contributed by atoms with Crippen LogP contribution in [0, 0.1) is 0 Å². The van der Waals surface area contributed by atoms with Crippen molar-refractivity contribution in [2.45, 2.75) is 4.90 Å². The molecule has 0 aliphatic heterocycles. The first kappa shape index (κ1) is 15.9. The van der Waals surface area contributed by atoms with E-state index in [1.807, 2.05) is 0 Å². The normalized spacial score (nSPS) is 13.5. The van der Waals surface area contributed by atoms with Crippen LogP contribution in [0.15, 0.2) is 39.7 Å². The van der Waals surface area contributed by atoms with Gasteiger partial charge in [0, 0.05) is 33.9 Å². The van der Waals surface area contributed by atoms with Crippen molar-refractivity contribution in [3.05, 3.63) is 57.1 Å². The van der Waals surface area contributed by atoms with Crippen LogP contribution in [0.25, 0.3) is 0 Å². The summed E-state index contributed by atoms with van der Waals surface area (Å²) in [6.45, 7) is 0. The van der Waals surface area contributed by atoms with Crippen molar-refractivity contribution in [1.29, 1.82) is 0 Å². The fourth-order valence-corrected chi connectivity index (χ4v) is 3.60. The van der Waals surface area contributed by atoms with Gasteiger partial charge in [0.2, 0.25) is 0 Å². The van der Waals surface area contributed by atoms with E-state index in [2.05, 4.69) is 21.2 Å². The summed E-state index contributed by atoms with van der Waals surface area (Å²) < 4.78 is 32.2. The van der Waals surface area contributed by atoms with Crippen LogP contribution in [0.4, 0.5) is 5.69 Å². The van der Waals surface area contributed by atoms with Crippen LogP contribution in [0.1, 0.15) is 31.8 Å². The molecule has 23 heavy (non-hydrogen) atoms. The van der Waals surface area contributed by atoms with Crippen molar-refractivity contribution >= 4 is 43.3 Å². The van der Waals surface area contributed by atoms with E-state index in [-0.39, 0.29) is 28.0 Å². The topological polar surface area (TPSA) is 101 Å². The number of ketones is 2. The second-order valence-corrected chi connectivity index (χ2v) is 7.21. The number of halogens is 1. The van der Waals surface area contributed by atoms with Crippen molar-refractivity contribution < 1.29 is 22.6 Å². The van der Waals surface area contributed by atoms with E-state index in [4.69, 9.17) is 4.55 Å². The summed E-state index contributed by atoms with van der Waals surface area (Å²) in [5.41, 5.74) is 0.918. The van der Waals surface area contributed by atoms with Gasteiger partial charge in [0.25, 0.3) is 10.1 Å². The Labute approximate surface area is 140 Å². The van der Waals surface area contributed by atoms with Crippen LogP contribution < -0.4 is 5.32 Å². The lowest BCUT2D eigenvalue weighted by Gasteiger charge is -2.21. The fraction of sp³-hybridized carbons (Fsp3) is 0.0667. The predicted octanol–water partition coefficient (Wildman–Crippen LogP) is 2.51. The molecule has 0 amide bonds. The molecule has 0 unspecified atom stereocenters. The highest BCUT2D eigenvalue weighted by molar-refractivity contribution is 9.10. The van der Waals surface area contributed by atoms with Crippen LogP contribution >= 0.6 is 15.9 Å². The first-order valence-electron chi connectivity index (χ1n) is 6.47. The van der Waals surface area contributed by atoms with E-state index in [9.17, 15) is 18.0 Å². The number of carbonyl (C=O) groups excluding carboxylic acids is 2. The largest absolute Gasteiger partial charge is 0.388 e. The summed E-state index contributed by atoms with van der Waals surface area (Å²) in [7, 11) is -2.85. The molecule has 0 saturated carbocycles. The molecule has 2 aromatic rings. The number of benzene rings is 2. The van der Waals surface area contributed by atoms with E-state index < -0.39 is 20.8 Å². The summed E-state index contributed by atoms with van der Waals surface area (Å²) in [6.07, 6.45) is 0. The van der Waals surface area contributed by atoms with Crippen LogP contribution in [0.2, 0.25) is 0 Å². The van der Waals surface area contributed by atoms with E-state index in [0.29, 0.717) is 10.2 Å². The Morgan fingerprint density at radius 3 is 2.26 bits per heavy atom. The molecular formula is C15H10BrNO5S. The van der Waals surface area contributed by atoms with Gasteiger partial charge in [-0.15, -0.1) is 0 Å². The molecule has 3 rings (SSSR count). The van der Waals surface area contributed by atoms with E-state index in [1.54, 1.807) is 19.2 Å². The summed E-state index contributed by atoms with van der Waals surface area (Å²) in [5.74, 6) is -0.869. The number of hydrogen-bond donors (Lipinski definition) is 2. The summed E-state index contributed by atoms with van der Waals surface area (Å²) in [4.78, 5) is 25.0. The fourth-order valence-electron chi connectivity index (χ4n) is 2.58. The standard InChI is InChI=1S/C15H10BrNO5S/c1-17-11-5-4-10(16)12-13(11)15(19)9-6-7(23(20,21)22)2-3-8(9)14(12)18/h2-6,17H,1H3,(H,20,21,22). The van der Waals surface area contributed by atoms with Crippen molar-refractivity contribution in [3.8, 4) is 0 Å². The molecule has 1 aliphatic rings. The van der Waals surface area contributed by atoms with Crippen molar-refractivity contribution in [3.63, 3.8) is 0 Å². The lowest BCUT2D eigenvalue weighted by atomic mass is 9.83. The number of fused-ring (bicyclic) bond motifs is 2. The quantitative estimate of drug-likeness (QED) is 0.646. The van der Waals surface area contributed by atoms with Crippen LogP contribution in [-0.4, -0.2) is 31.6 Å². The molecular weight excluding hydrogens is 386 g/mol. The Morgan fingerprint density at radius 2 is 1.65 bits per heavy atom. The number of rotatable bonds is 2. The van der Waals surface area contributed by atoms with Gasteiger partial charge in [-0.3, -0.25) is 14.1 Å². The van der Waals surface area contributed by atoms with Gasteiger partial charge in [0.1, 0.15) is 0 Å². The summed E-state index contributed by atoms with van der Waals surface area (Å²) >= 11 is 3.27. The Hall–Kier alpha value is -2.03. The lowest BCUT2D eigenvalue weighted by Crippen LogP contribution is -2.23. The van der Waals surface area contributed by atoms with Crippen molar-refractivity contribution in [2.24, 2.45) is 0 Å². The summed E-state index contributed by atoms with van der Waals surface area (Å²) in [5, 5.41) is 2.85. The van der Waals surface area contributed by atoms with Gasteiger partial charge in [-0.25, -0.2) is 0 Å². The zero-order chi connectivity index (χ0) is 16.9. The second-order valence-electron chi connectivity index (χ2n) is 4.94. The maximum Gasteiger partial charge on any atom is 0.294 e. The maximum atomic E-state index is 12.8. The molecule has 0 bridgehead atoms. The zero-order valence-corrected chi connectivity index (χ0v) is 14.2. The third-order valence-electron chi connectivity index (χ3n) is 3.66. The van der Waals surface area contributed by atoms with Crippen LogP contribution in [-0.2, 0) is 10.1 Å². The Morgan fingerprint density at radius 1 is 1.00 bits per heavy atom. The minimum absolute atomic E-state index is 0.0489. The molecule has 0 atom stereocenters. The van der Waals surface area contributed by atoms with Gasteiger partial charge in [0.15, 0.2) is 11.6 Å². The Kier molecular flexibility index (Phi) is 3.62. The first-order chi connectivity index (χ1) is 10.8. The molecule has 0 spiro atoms. The number of anilines is 1. The zero-order valence-electron chi connectivity index (χ0n) is 11.8. The SMILES string of the molecule is CNc1ccc(Br)c2c1C(=O)c1cc(S(=O)(=O)O)ccc1C2=O. The van der Waals surface area contributed by atoms with Crippen molar-refractivity contribution in [1.82, 2.24) is 0 Å². The molecule has 0 radical (unpaired) electrons. The monoisotopic (exact) mass is 395 g/mol. The lowest BCUT2D eigenvalue weighted by molar-refractivity contribution is 0.0979. The van der Waals surface area contributed by atoms with Gasteiger partial charge in [-0.2, -0.15) is 8.42 Å². The predicted molar refractivity (Wildman–Crippen MR) is 86.8 cm³/mol. The van der Waals surface area contributed by atoms with E-state index in [0.717, 1.165) is 12.1 Å². The molecule has 2 N–H and O–H groups in total. The molecule has 0 heterocycles. The second kappa shape index (κ2) is 5.26. The third-order valence-corrected chi connectivity index (χ3v) is 5.17. The van der Waals surface area contributed by atoms with Gasteiger partial charge in [-0.05, 0) is 30.3 Å². The van der Waals surface area contributed by atoms with Gasteiger partial charge >= 0.3 is 0 Å². The smallest absolute Gasteiger partial charge is 0.294 e. The first-order valence-corrected chi connectivity index (χ1v) is 8.70. The minimum Gasteiger partial charge on any atom is -0.388 e. The van der Waals surface area contributed by atoms with Crippen molar-refractivity contribution in [2.75, 3.05) is 12.4 Å². The van der Waals surface area contributed by atoms with Crippen LogP contribution in [0.5, 0.6) is 0 Å².